The molecule has 2 rings (SSSR count). The minimum atomic E-state index is -0.602. The Morgan fingerprint density at radius 2 is 1.90 bits per heavy atom. The molecule has 0 heterocycles. The number of benzene rings is 2. The zero-order chi connectivity index (χ0) is 15.6. The molecule has 21 heavy (non-hydrogen) atoms. The molecule has 8 heteroatoms. The fourth-order valence-corrected chi connectivity index (χ4v) is 2.02. The fourth-order valence-electron chi connectivity index (χ4n) is 1.62. The van der Waals surface area contributed by atoms with Gasteiger partial charge < -0.3 is 10.4 Å². The van der Waals surface area contributed by atoms with E-state index in [1.54, 1.807) is 0 Å². The standard InChI is InChI=1S/C13H8Cl2N2O4/c14-8-3-7(4-10(18)5-8)13(19)16-12-6-9(17(20)21)1-2-11(12)15/h1-6,18H,(H,16,19). The van der Waals surface area contributed by atoms with Crippen LogP contribution in [0.1, 0.15) is 10.4 Å². The van der Waals surface area contributed by atoms with Gasteiger partial charge in [0.25, 0.3) is 11.6 Å². The van der Waals surface area contributed by atoms with Crippen molar-refractivity contribution in [2.24, 2.45) is 0 Å². The maximum atomic E-state index is 12.0. The lowest BCUT2D eigenvalue weighted by Crippen LogP contribution is -2.12. The highest BCUT2D eigenvalue weighted by Gasteiger charge is 2.14. The fraction of sp³-hybridized carbons (Fsp3) is 0. The SMILES string of the molecule is O=C(Nc1cc([N+](=O)[O-])ccc1Cl)c1cc(O)cc(Cl)c1. The smallest absolute Gasteiger partial charge is 0.271 e. The normalized spacial score (nSPS) is 10.2. The molecule has 0 fully saturated rings. The lowest BCUT2D eigenvalue weighted by atomic mass is 10.2. The highest BCUT2D eigenvalue weighted by atomic mass is 35.5. The Morgan fingerprint density at radius 3 is 2.52 bits per heavy atom. The summed E-state index contributed by atoms with van der Waals surface area (Å²) < 4.78 is 0. The van der Waals surface area contributed by atoms with Gasteiger partial charge in [-0.15, -0.1) is 0 Å². The number of halogens is 2. The van der Waals surface area contributed by atoms with Gasteiger partial charge in [-0.2, -0.15) is 0 Å². The van der Waals surface area contributed by atoms with Crippen molar-refractivity contribution < 1.29 is 14.8 Å². The van der Waals surface area contributed by atoms with Crippen LogP contribution in [0.2, 0.25) is 10.0 Å². The van der Waals surface area contributed by atoms with Gasteiger partial charge in [-0.1, -0.05) is 23.2 Å². The highest BCUT2D eigenvalue weighted by Crippen LogP contribution is 2.28. The summed E-state index contributed by atoms with van der Waals surface area (Å²) in [5, 5.41) is 22.9. The number of carbonyl (C=O) groups is 1. The number of nitrogens with one attached hydrogen (secondary N) is 1. The van der Waals surface area contributed by atoms with Crippen molar-refractivity contribution in [1.82, 2.24) is 0 Å². The summed E-state index contributed by atoms with van der Waals surface area (Å²) in [4.78, 5) is 22.2. The Labute approximate surface area is 129 Å². The minimum absolute atomic E-state index is 0.0929. The molecular weight excluding hydrogens is 319 g/mol. The summed E-state index contributed by atoms with van der Waals surface area (Å²) in [6, 6.07) is 7.52. The number of nitro groups is 1. The predicted molar refractivity (Wildman–Crippen MR) is 79.2 cm³/mol. The van der Waals surface area contributed by atoms with Crippen LogP contribution in [0.3, 0.4) is 0 Å². The van der Waals surface area contributed by atoms with Crippen molar-refractivity contribution in [3.05, 3.63) is 62.1 Å². The molecule has 0 aromatic heterocycles. The number of aromatic hydroxyl groups is 1. The summed E-state index contributed by atoms with van der Waals surface area (Å²) in [6.45, 7) is 0. The van der Waals surface area contributed by atoms with Gasteiger partial charge in [-0.3, -0.25) is 14.9 Å². The van der Waals surface area contributed by atoms with E-state index < -0.39 is 10.8 Å². The second kappa shape index (κ2) is 5.99. The number of phenols is 1. The van der Waals surface area contributed by atoms with Crippen LogP contribution >= 0.6 is 23.2 Å². The zero-order valence-corrected chi connectivity index (χ0v) is 11.9. The molecule has 2 aromatic carbocycles. The summed E-state index contributed by atoms with van der Waals surface area (Å²) in [6.07, 6.45) is 0. The molecule has 108 valence electrons. The van der Waals surface area contributed by atoms with Crippen LogP contribution in [0.5, 0.6) is 5.75 Å². The van der Waals surface area contributed by atoms with E-state index in [1.807, 2.05) is 0 Å². The number of nitro benzene ring substituents is 1. The summed E-state index contributed by atoms with van der Waals surface area (Å²) in [5.41, 5.74) is -0.0125. The van der Waals surface area contributed by atoms with E-state index in [4.69, 9.17) is 23.2 Å². The van der Waals surface area contributed by atoms with Crippen LogP contribution < -0.4 is 5.32 Å². The van der Waals surface area contributed by atoms with Crippen molar-refractivity contribution >= 4 is 40.5 Å². The molecule has 2 aromatic rings. The second-order valence-corrected chi connectivity index (χ2v) is 4.92. The topological polar surface area (TPSA) is 92.5 Å². The average molecular weight is 327 g/mol. The van der Waals surface area contributed by atoms with Crippen molar-refractivity contribution in [2.45, 2.75) is 0 Å². The van der Waals surface area contributed by atoms with Gasteiger partial charge in [0.05, 0.1) is 15.6 Å². The third kappa shape index (κ3) is 3.62. The van der Waals surface area contributed by atoms with E-state index in [9.17, 15) is 20.0 Å². The number of amides is 1. The Kier molecular flexibility index (Phi) is 4.30. The number of phenolic OH excluding ortho intramolecular Hbond substituents is 1. The molecule has 0 atom stereocenters. The second-order valence-electron chi connectivity index (χ2n) is 4.07. The van der Waals surface area contributed by atoms with Crippen LogP contribution in [0.4, 0.5) is 11.4 Å². The van der Waals surface area contributed by atoms with E-state index in [1.165, 1.54) is 30.3 Å². The molecular formula is C13H8Cl2N2O4. The molecule has 2 N–H and O–H groups in total. The molecule has 6 nitrogen and oxygen atoms in total. The quantitative estimate of drug-likeness (QED) is 0.661. The van der Waals surface area contributed by atoms with E-state index in [0.717, 1.165) is 6.07 Å². The van der Waals surface area contributed by atoms with Gasteiger partial charge in [0.2, 0.25) is 0 Å². The Hall–Kier alpha value is -2.31. The Morgan fingerprint density at radius 1 is 1.19 bits per heavy atom. The van der Waals surface area contributed by atoms with Crippen LogP contribution in [0, 0.1) is 10.1 Å². The molecule has 0 aliphatic heterocycles. The van der Waals surface area contributed by atoms with Gasteiger partial charge in [0, 0.05) is 22.7 Å². The molecule has 1 amide bonds. The molecule has 0 saturated carbocycles. The predicted octanol–water partition coefficient (Wildman–Crippen LogP) is 3.86. The van der Waals surface area contributed by atoms with Gasteiger partial charge in [-0.05, 0) is 24.3 Å². The zero-order valence-electron chi connectivity index (χ0n) is 10.3. The maximum Gasteiger partial charge on any atom is 0.271 e. The van der Waals surface area contributed by atoms with Crippen LogP contribution in [-0.4, -0.2) is 15.9 Å². The van der Waals surface area contributed by atoms with E-state index in [2.05, 4.69) is 5.32 Å². The third-order valence-electron chi connectivity index (χ3n) is 2.55. The molecule has 0 radical (unpaired) electrons. The Balaban J connectivity index is 2.31. The summed E-state index contributed by atoms with van der Waals surface area (Å²) in [7, 11) is 0. The Bertz CT molecular complexity index is 714. The van der Waals surface area contributed by atoms with Gasteiger partial charge in [-0.25, -0.2) is 0 Å². The molecule has 0 unspecified atom stereocenters. The number of hydrogen-bond acceptors (Lipinski definition) is 4. The minimum Gasteiger partial charge on any atom is -0.508 e. The molecule has 0 bridgehead atoms. The number of nitrogens with zero attached hydrogens (tertiary/aromatic N) is 1. The van der Waals surface area contributed by atoms with Gasteiger partial charge in [0.15, 0.2) is 0 Å². The van der Waals surface area contributed by atoms with E-state index >= 15 is 0 Å². The average Bonchev–Trinajstić information content (AvgIpc) is 2.39. The summed E-state index contributed by atoms with van der Waals surface area (Å²) >= 11 is 11.6. The molecule has 0 aliphatic rings. The lowest BCUT2D eigenvalue weighted by molar-refractivity contribution is -0.384. The van der Waals surface area contributed by atoms with Crippen LogP contribution in [0.15, 0.2) is 36.4 Å². The van der Waals surface area contributed by atoms with Gasteiger partial charge in [0.1, 0.15) is 5.75 Å². The number of carbonyl (C=O) groups excluding carboxylic acids is 1. The van der Waals surface area contributed by atoms with E-state index in [-0.39, 0.29) is 32.7 Å². The van der Waals surface area contributed by atoms with Crippen molar-refractivity contribution in [3.63, 3.8) is 0 Å². The third-order valence-corrected chi connectivity index (χ3v) is 3.10. The number of hydrogen-bond donors (Lipinski definition) is 2. The van der Waals surface area contributed by atoms with Crippen molar-refractivity contribution in [1.29, 1.82) is 0 Å². The first-order valence-electron chi connectivity index (χ1n) is 5.61. The molecule has 0 saturated heterocycles. The monoisotopic (exact) mass is 326 g/mol. The highest BCUT2D eigenvalue weighted by molar-refractivity contribution is 6.34. The van der Waals surface area contributed by atoms with Crippen molar-refractivity contribution in [2.75, 3.05) is 5.32 Å². The first kappa shape index (κ1) is 15.1. The summed E-state index contributed by atoms with van der Waals surface area (Å²) in [5.74, 6) is -0.770. The van der Waals surface area contributed by atoms with Crippen LogP contribution in [-0.2, 0) is 0 Å². The van der Waals surface area contributed by atoms with Gasteiger partial charge >= 0.3 is 0 Å². The van der Waals surface area contributed by atoms with Crippen LogP contribution in [0.25, 0.3) is 0 Å². The number of rotatable bonds is 3. The first-order valence-corrected chi connectivity index (χ1v) is 6.37. The molecule has 0 aliphatic carbocycles. The number of anilines is 1. The molecule has 0 spiro atoms. The lowest BCUT2D eigenvalue weighted by Gasteiger charge is -2.08. The first-order chi connectivity index (χ1) is 9.86. The number of non-ortho nitro benzene ring substituents is 1. The largest absolute Gasteiger partial charge is 0.508 e. The van der Waals surface area contributed by atoms with Crippen molar-refractivity contribution in [3.8, 4) is 5.75 Å². The maximum absolute atomic E-state index is 12.0. The van der Waals surface area contributed by atoms with E-state index in [0.29, 0.717) is 0 Å².